The number of benzene rings is 2. The van der Waals surface area contributed by atoms with Gasteiger partial charge in [-0.3, -0.25) is 4.79 Å². The summed E-state index contributed by atoms with van der Waals surface area (Å²) in [5, 5.41) is 8.60. The van der Waals surface area contributed by atoms with Crippen molar-refractivity contribution in [2.45, 2.75) is 19.4 Å². The monoisotopic (exact) mass is 492 g/mol. The van der Waals surface area contributed by atoms with Gasteiger partial charge in [0.2, 0.25) is 5.88 Å². The predicted octanol–water partition coefficient (Wildman–Crippen LogP) is 5.08. The highest BCUT2D eigenvalue weighted by atomic mass is 35.5. The summed E-state index contributed by atoms with van der Waals surface area (Å²) in [4.78, 5) is 15.9. The summed E-state index contributed by atoms with van der Waals surface area (Å²) >= 11 is 6.19. The van der Waals surface area contributed by atoms with E-state index < -0.39 is 0 Å². The highest BCUT2D eigenvalue weighted by molar-refractivity contribution is 6.30. The van der Waals surface area contributed by atoms with E-state index in [2.05, 4.69) is 39.8 Å². The maximum Gasteiger partial charge on any atom is 0.216 e. The minimum Gasteiger partial charge on any atom is -0.493 e. The van der Waals surface area contributed by atoms with Gasteiger partial charge in [0.05, 0.1) is 31.4 Å². The molecular formula is C27H29ClN4O3. The van der Waals surface area contributed by atoms with E-state index in [1.54, 1.807) is 13.3 Å². The van der Waals surface area contributed by atoms with Gasteiger partial charge in [-0.1, -0.05) is 23.7 Å². The number of nitrogens with zero attached hydrogens (tertiary/aromatic N) is 3. The van der Waals surface area contributed by atoms with Gasteiger partial charge in [-0.05, 0) is 68.9 Å². The number of carbonyl (C=O) groups excluding carboxylic acids is 1. The van der Waals surface area contributed by atoms with Crippen LogP contribution in [-0.4, -0.2) is 59.8 Å². The number of nitrogens with one attached hydrogen (secondary N) is 1. The number of methoxy groups -OCH3 is 1. The van der Waals surface area contributed by atoms with E-state index in [-0.39, 0.29) is 11.7 Å². The average molecular weight is 493 g/mol. The van der Waals surface area contributed by atoms with E-state index in [4.69, 9.17) is 21.1 Å². The smallest absolute Gasteiger partial charge is 0.216 e. The molecule has 1 N–H and O–H groups in total. The molecule has 2 aromatic heterocycles. The van der Waals surface area contributed by atoms with Crippen LogP contribution in [-0.2, 0) is 13.0 Å². The summed E-state index contributed by atoms with van der Waals surface area (Å²) in [7, 11) is 5.76. The summed E-state index contributed by atoms with van der Waals surface area (Å²) in [6.45, 7) is 2.14. The first-order valence-electron chi connectivity index (χ1n) is 11.8. The Morgan fingerprint density at radius 3 is 2.94 bits per heavy atom. The van der Waals surface area contributed by atoms with Gasteiger partial charge >= 0.3 is 0 Å². The molecule has 0 spiro atoms. The van der Waals surface area contributed by atoms with Gasteiger partial charge in [-0.15, -0.1) is 0 Å². The maximum absolute atomic E-state index is 13.7. The van der Waals surface area contributed by atoms with Crippen LogP contribution in [0.2, 0.25) is 5.02 Å². The quantitative estimate of drug-likeness (QED) is 0.347. The van der Waals surface area contributed by atoms with Crippen LogP contribution in [0, 0.1) is 5.92 Å². The molecule has 0 bridgehead atoms. The van der Waals surface area contributed by atoms with Crippen molar-refractivity contribution >= 4 is 28.3 Å². The molecule has 0 saturated heterocycles. The van der Waals surface area contributed by atoms with E-state index in [9.17, 15) is 4.79 Å². The lowest BCUT2D eigenvalue weighted by Gasteiger charge is -2.24. The van der Waals surface area contributed by atoms with Crippen molar-refractivity contribution in [1.82, 2.24) is 19.7 Å². The van der Waals surface area contributed by atoms with Crippen molar-refractivity contribution in [1.29, 1.82) is 0 Å². The normalized spacial score (nSPS) is 15.3. The topological polar surface area (TPSA) is 72.4 Å². The van der Waals surface area contributed by atoms with Gasteiger partial charge in [0.15, 0.2) is 5.78 Å². The Hall–Kier alpha value is -3.29. The van der Waals surface area contributed by atoms with Crippen LogP contribution in [0.25, 0.3) is 22.0 Å². The number of aryl methyl sites for hydroxylation is 1. The lowest BCUT2D eigenvalue weighted by molar-refractivity contribution is 0.0856. The lowest BCUT2D eigenvalue weighted by Crippen LogP contribution is -2.28. The van der Waals surface area contributed by atoms with Crippen LogP contribution in [0.3, 0.4) is 0 Å². The average Bonchev–Trinajstić information content (AvgIpc) is 3.47. The maximum atomic E-state index is 13.7. The number of ether oxygens (including phenoxy) is 2. The molecule has 0 saturated carbocycles. The standard InChI is InChI=1S/C27H29ClN4O3/c1-31(2)9-4-10-32-15-23(26(33)19-11-18-12-20(28)6-8-25(18)35-16-19)21-7-5-17(13-24(21)32)22-14-29-30-27(22)34-3/h5-8,12-15,19H,4,9-11,16H2,1-3H3,(H,29,30). The number of aromatic amines is 1. The summed E-state index contributed by atoms with van der Waals surface area (Å²) < 4.78 is 13.5. The number of aromatic nitrogens is 3. The molecule has 1 aliphatic heterocycles. The van der Waals surface area contributed by atoms with Crippen molar-refractivity contribution in [3.8, 4) is 22.8 Å². The van der Waals surface area contributed by atoms with Crippen molar-refractivity contribution < 1.29 is 14.3 Å². The number of carbonyl (C=O) groups is 1. The number of Topliss-reactive ketones (excluding diaryl/α,β-unsaturated/α-hetero) is 1. The molecule has 0 amide bonds. The number of fused-ring (bicyclic) bond motifs is 2. The van der Waals surface area contributed by atoms with Gasteiger partial charge in [0.25, 0.3) is 0 Å². The van der Waals surface area contributed by atoms with Crippen LogP contribution < -0.4 is 9.47 Å². The number of H-pyrrole nitrogens is 1. The Labute approximate surface area is 209 Å². The second-order valence-corrected chi connectivity index (χ2v) is 9.71. The molecule has 1 aliphatic rings. The fraction of sp³-hybridized carbons (Fsp3) is 0.333. The lowest BCUT2D eigenvalue weighted by atomic mass is 9.89. The summed E-state index contributed by atoms with van der Waals surface area (Å²) in [5.74, 6) is 1.27. The fourth-order valence-corrected chi connectivity index (χ4v) is 4.98. The zero-order chi connectivity index (χ0) is 24.5. The Morgan fingerprint density at radius 1 is 1.29 bits per heavy atom. The van der Waals surface area contributed by atoms with Crippen molar-refractivity contribution in [3.05, 3.63) is 64.9 Å². The Balaban J connectivity index is 1.51. The molecule has 1 atom stereocenters. The molecule has 7 nitrogen and oxygen atoms in total. The fourth-order valence-electron chi connectivity index (χ4n) is 4.79. The Bertz CT molecular complexity index is 1370. The van der Waals surface area contributed by atoms with Crippen LogP contribution in [0.1, 0.15) is 22.3 Å². The molecule has 5 rings (SSSR count). The first-order valence-corrected chi connectivity index (χ1v) is 12.1. The Kier molecular flexibility index (Phi) is 6.54. The molecule has 1 unspecified atom stereocenters. The molecule has 4 aromatic rings. The molecule has 8 heteroatoms. The van der Waals surface area contributed by atoms with E-state index >= 15 is 0 Å². The van der Waals surface area contributed by atoms with E-state index in [1.165, 1.54) is 0 Å². The number of hydrogen-bond donors (Lipinski definition) is 1. The van der Waals surface area contributed by atoms with Crippen molar-refractivity contribution in [2.75, 3.05) is 34.4 Å². The van der Waals surface area contributed by atoms with Gasteiger partial charge in [-0.2, -0.15) is 5.10 Å². The second kappa shape index (κ2) is 9.76. The second-order valence-electron chi connectivity index (χ2n) is 9.27. The first-order chi connectivity index (χ1) is 16.9. The van der Waals surface area contributed by atoms with E-state index in [1.807, 2.05) is 36.5 Å². The van der Waals surface area contributed by atoms with Gasteiger partial charge in [0, 0.05) is 34.2 Å². The van der Waals surface area contributed by atoms with Crippen LogP contribution >= 0.6 is 11.6 Å². The number of hydrogen-bond acceptors (Lipinski definition) is 5. The van der Waals surface area contributed by atoms with Crippen molar-refractivity contribution in [3.63, 3.8) is 0 Å². The minimum absolute atomic E-state index is 0.0978. The largest absolute Gasteiger partial charge is 0.493 e. The zero-order valence-electron chi connectivity index (χ0n) is 20.2. The van der Waals surface area contributed by atoms with E-state index in [0.717, 1.165) is 58.4 Å². The number of ketones is 1. The van der Waals surface area contributed by atoms with Gasteiger partial charge in [-0.25, -0.2) is 5.10 Å². The third kappa shape index (κ3) is 4.66. The molecule has 182 valence electrons. The molecule has 2 aromatic carbocycles. The summed E-state index contributed by atoms with van der Waals surface area (Å²) in [6.07, 6.45) is 5.36. The minimum atomic E-state index is -0.254. The molecule has 35 heavy (non-hydrogen) atoms. The summed E-state index contributed by atoms with van der Waals surface area (Å²) in [5.41, 5.74) is 4.60. The molecule has 0 aliphatic carbocycles. The SMILES string of the molecule is COc1[nH]ncc1-c1ccc2c(C(=O)C3COc4ccc(Cl)cc4C3)cn(CCCN(C)C)c2c1. The molecular weight excluding hydrogens is 464 g/mol. The first kappa shape index (κ1) is 23.5. The highest BCUT2D eigenvalue weighted by Gasteiger charge is 2.29. The van der Waals surface area contributed by atoms with Crippen LogP contribution in [0.5, 0.6) is 11.6 Å². The number of halogens is 1. The zero-order valence-corrected chi connectivity index (χ0v) is 20.9. The molecule has 0 radical (unpaired) electrons. The third-order valence-corrected chi connectivity index (χ3v) is 6.81. The van der Waals surface area contributed by atoms with Crippen LogP contribution in [0.15, 0.2) is 48.8 Å². The van der Waals surface area contributed by atoms with Crippen LogP contribution in [0.4, 0.5) is 0 Å². The summed E-state index contributed by atoms with van der Waals surface area (Å²) in [6, 6.07) is 11.7. The highest BCUT2D eigenvalue weighted by Crippen LogP contribution is 2.35. The van der Waals surface area contributed by atoms with Gasteiger partial charge in [0.1, 0.15) is 5.75 Å². The Morgan fingerprint density at radius 2 is 2.14 bits per heavy atom. The van der Waals surface area contributed by atoms with Crippen molar-refractivity contribution in [2.24, 2.45) is 5.92 Å². The predicted molar refractivity (Wildman–Crippen MR) is 138 cm³/mol. The van der Waals surface area contributed by atoms with Gasteiger partial charge < -0.3 is 18.9 Å². The van der Waals surface area contributed by atoms with E-state index in [0.29, 0.717) is 23.9 Å². The third-order valence-electron chi connectivity index (χ3n) is 6.57. The molecule has 3 heterocycles. The number of rotatable bonds is 8. The molecule has 0 fully saturated rings.